The zero-order chi connectivity index (χ0) is 14.7. The first-order valence-electron chi connectivity index (χ1n) is 7.04. The Kier molecular flexibility index (Phi) is 4.89. The summed E-state index contributed by atoms with van der Waals surface area (Å²) < 4.78 is 0. The fourth-order valence-corrected chi connectivity index (χ4v) is 2.38. The monoisotopic (exact) mass is 261 g/mol. The number of carbonyl (C=O) groups excluding carboxylic acids is 1. The van der Waals surface area contributed by atoms with Gasteiger partial charge in [-0.25, -0.2) is 0 Å². The summed E-state index contributed by atoms with van der Waals surface area (Å²) in [5, 5.41) is 0. The minimum absolute atomic E-state index is 0.0508. The molecule has 19 heavy (non-hydrogen) atoms. The van der Waals surface area contributed by atoms with E-state index in [9.17, 15) is 4.79 Å². The average Bonchev–Trinajstić information content (AvgIpc) is 2.25. The number of carbonyl (C=O) groups is 1. The topological polar surface area (TPSA) is 30.0 Å². The lowest BCUT2D eigenvalue weighted by molar-refractivity contribution is -0.131. The van der Waals surface area contributed by atoms with Gasteiger partial charge < -0.3 is 0 Å². The van der Waals surface area contributed by atoms with Crippen molar-refractivity contribution in [3.8, 4) is 0 Å². The van der Waals surface area contributed by atoms with Crippen LogP contribution in [-0.2, 0) is 11.2 Å². The molecule has 1 heterocycles. The Morgan fingerprint density at radius 1 is 1.16 bits per heavy atom. The molecule has 0 amide bonds. The summed E-state index contributed by atoms with van der Waals surface area (Å²) in [6.07, 6.45) is 3.44. The van der Waals surface area contributed by atoms with Crippen molar-refractivity contribution in [2.24, 2.45) is 16.7 Å². The van der Waals surface area contributed by atoms with Crippen molar-refractivity contribution in [1.82, 2.24) is 4.98 Å². The van der Waals surface area contributed by atoms with Crippen molar-refractivity contribution in [1.29, 1.82) is 0 Å². The van der Waals surface area contributed by atoms with Crippen LogP contribution in [0.3, 0.4) is 0 Å². The molecule has 0 aliphatic carbocycles. The molecular formula is C17H27NO. The molecule has 1 unspecified atom stereocenters. The lowest BCUT2D eigenvalue weighted by Gasteiger charge is -2.29. The van der Waals surface area contributed by atoms with E-state index in [1.54, 1.807) is 6.20 Å². The molecule has 0 radical (unpaired) electrons. The molecule has 0 spiro atoms. The van der Waals surface area contributed by atoms with E-state index in [0.29, 0.717) is 5.78 Å². The predicted molar refractivity (Wildman–Crippen MR) is 80.0 cm³/mol. The number of pyridine rings is 1. The Hall–Kier alpha value is -1.18. The quantitative estimate of drug-likeness (QED) is 0.809. The van der Waals surface area contributed by atoms with Gasteiger partial charge in [-0.05, 0) is 30.4 Å². The zero-order valence-corrected chi connectivity index (χ0v) is 13.2. The zero-order valence-electron chi connectivity index (χ0n) is 13.2. The van der Waals surface area contributed by atoms with E-state index in [-0.39, 0.29) is 16.7 Å². The van der Waals surface area contributed by atoms with E-state index in [1.807, 2.05) is 39.0 Å². The molecular weight excluding hydrogens is 234 g/mol. The lowest BCUT2D eigenvalue weighted by Crippen LogP contribution is -2.32. The largest absolute Gasteiger partial charge is 0.299 e. The van der Waals surface area contributed by atoms with Gasteiger partial charge in [-0.2, -0.15) is 0 Å². The second kappa shape index (κ2) is 5.85. The minimum atomic E-state index is -0.287. The summed E-state index contributed by atoms with van der Waals surface area (Å²) in [7, 11) is 0. The van der Waals surface area contributed by atoms with Crippen molar-refractivity contribution in [3.63, 3.8) is 0 Å². The molecule has 106 valence electrons. The van der Waals surface area contributed by atoms with E-state index in [0.717, 1.165) is 18.5 Å². The van der Waals surface area contributed by atoms with Gasteiger partial charge in [0.2, 0.25) is 0 Å². The van der Waals surface area contributed by atoms with Gasteiger partial charge in [0.05, 0.1) is 0 Å². The van der Waals surface area contributed by atoms with Crippen LogP contribution in [0.1, 0.15) is 53.7 Å². The molecule has 0 saturated heterocycles. The van der Waals surface area contributed by atoms with Gasteiger partial charge in [0.25, 0.3) is 0 Å². The third-order valence-corrected chi connectivity index (χ3v) is 3.15. The van der Waals surface area contributed by atoms with Crippen molar-refractivity contribution in [2.45, 2.75) is 54.4 Å². The second-order valence-electron chi connectivity index (χ2n) is 7.60. The molecule has 0 aromatic carbocycles. The molecule has 0 N–H and O–H groups in total. The summed E-state index contributed by atoms with van der Waals surface area (Å²) >= 11 is 0. The molecule has 1 rings (SSSR count). The van der Waals surface area contributed by atoms with Crippen molar-refractivity contribution < 1.29 is 4.79 Å². The Labute approximate surface area is 117 Å². The number of rotatable bonds is 4. The second-order valence-corrected chi connectivity index (χ2v) is 7.60. The maximum Gasteiger partial charge on any atom is 0.141 e. The van der Waals surface area contributed by atoms with Crippen LogP contribution >= 0.6 is 0 Å². The van der Waals surface area contributed by atoms with E-state index in [2.05, 4.69) is 25.8 Å². The first-order valence-corrected chi connectivity index (χ1v) is 7.04. The maximum atomic E-state index is 12.6. The predicted octanol–water partition coefficient (Wildman–Crippen LogP) is 4.29. The number of hydrogen-bond acceptors (Lipinski definition) is 2. The van der Waals surface area contributed by atoms with Crippen LogP contribution in [0, 0.1) is 16.7 Å². The van der Waals surface area contributed by atoms with E-state index < -0.39 is 0 Å². The normalized spacial score (nSPS) is 14.2. The smallest absolute Gasteiger partial charge is 0.141 e. The number of nitrogens with zero attached hydrogens (tertiary/aromatic N) is 1. The van der Waals surface area contributed by atoms with Crippen molar-refractivity contribution in [3.05, 3.63) is 30.1 Å². The standard InChI is InChI=1S/C17H27NO/c1-16(2,3)12-13(15(19)17(4,5)6)11-14-9-7-8-10-18-14/h7-10,13H,11-12H2,1-6H3. The van der Waals surface area contributed by atoms with Crippen LogP contribution in [0.4, 0.5) is 0 Å². The Bertz CT molecular complexity index is 409. The number of aromatic nitrogens is 1. The van der Waals surface area contributed by atoms with Crippen LogP contribution in [0.15, 0.2) is 24.4 Å². The van der Waals surface area contributed by atoms with Crippen LogP contribution in [0.5, 0.6) is 0 Å². The molecule has 1 atom stereocenters. The number of hydrogen-bond donors (Lipinski definition) is 0. The molecule has 0 fully saturated rings. The summed E-state index contributed by atoms with van der Waals surface area (Å²) in [6, 6.07) is 5.90. The maximum absolute atomic E-state index is 12.6. The van der Waals surface area contributed by atoms with Crippen molar-refractivity contribution >= 4 is 5.78 Å². The molecule has 1 aromatic heterocycles. The molecule has 0 saturated carbocycles. The fraction of sp³-hybridized carbons (Fsp3) is 0.647. The SMILES string of the molecule is CC(C)(C)CC(Cc1ccccn1)C(=O)C(C)(C)C. The number of ketones is 1. The van der Waals surface area contributed by atoms with Gasteiger partial charge in [0, 0.05) is 23.2 Å². The first kappa shape index (κ1) is 15.9. The van der Waals surface area contributed by atoms with Gasteiger partial charge in [-0.3, -0.25) is 9.78 Å². The van der Waals surface area contributed by atoms with E-state index in [4.69, 9.17) is 0 Å². The molecule has 2 heteroatoms. The minimum Gasteiger partial charge on any atom is -0.299 e. The van der Waals surface area contributed by atoms with Crippen molar-refractivity contribution in [2.75, 3.05) is 0 Å². The summed E-state index contributed by atoms with van der Waals surface area (Å²) in [4.78, 5) is 17.0. The van der Waals surface area contributed by atoms with Gasteiger partial charge in [-0.1, -0.05) is 47.6 Å². The van der Waals surface area contributed by atoms with Gasteiger partial charge in [-0.15, -0.1) is 0 Å². The fourth-order valence-electron chi connectivity index (χ4n) is 2.38. The van der Waals surface area contributed by atoms with Gasteiger partial charge in [0.1, 0.15) is 5.78 Å². The third kappa shape index (κ3) is 5.54. The Morgan fingerprint density at radius 2 is 1.79 bits per heavy atom. The molecule has 1 aromatic rings. The van der Waals surface area contributed by atoms with E-state index in [1.165, 1.54) is 0 Å². The Morgan fingerprint density at radius 3 is 2.21 bits per heavy atom. The molecule has 2 nitrogen and oxygen atoms in total. The van der Waals surface area contributed by atoms with Crippen LogP contribution in [0.2, 0.25) is 0 Å². The molecule has 0 aliphatic rings. The Balaban J connectivity index is 2.90. The first-order chi connectivity index (χ1) is 8.59. The highest BCUT2D eigenvalue weighted by Crippen LogP contribution is 2.32. The summed E-state index contributed by atoms with van der Waals surface area (Å²) in [5.74, 6) is 0.392. The lowest BCUT2D eigenvalue weighted by atomic mass is 9.74. The van der Waals surface area contributed by atoms with Gasteiger partial charge in [0.15, 0.2) is 0 Å². The summed E-state index contributed by atoms with van der Waals surface area (Å²) in [6.45, 7) is 12.6. The third-order valence-electron chi connectivity index (χ3n) is 3.15. The average molecular weight is 261 g/mol. The highest BCUT2D eigenvalue weighted by Gasteiger charge is 2.32. The molecule has 0 aliphatic heterocycles. The van der Waals surface area contributed by atoms with Crippen LogP contribution < -0.4 is 0 Å². The van der Waals surface area contributed by atoms with Crippen LogP contribution in [-0.4, -0.2) is 10.8 Å². The van der Waals surface area contributed by atoms with Crippen LogP contribution in [0.25, 0.3) is 0 Å². The number of Topliss-reactive ketones (excluding diaryl/α,β-unsaturated/α-hetero) is 1. The molecule has 0 bridgehead atoms. The highest BCUT2D eigenvalue weighted by molar-refractivity contribution is 5.86. The highest BCUT2D eigenvalue weighted by atomic mass is 16.1. The van der Waals surface area contributed by atoms with E-state index >= 15 is 0 Å². The van der Waals surface area contributed by atoms with Gasteiger partial charge >= 0.3 is 0 Å². The summed E-state index contributed by atoms with van der Waals surface area (Å²) in [5.41, 5.74) is 0.875.